The SMILES string of the molecule is COc1cc2c3cc1OCC(=O)NCCCOc1cccc(c1)C2N(C(=O)c1ccc2sc(N)nc2c1)CC3. The van der Waals surface area contributed by atoms with E-state index >= 15 is 0 Å². The van der Waals surface area contributed by atoms with Crippen molar-refractivity contribution in [2.24, 2.45) is 0 Å². The molecular weight excluding hydrogens is 516 g/mol. The van der Waals surface area contributed by atoms with Gasteiger partial charge in [0, 0.05) is 18.7 Å². The Morgan fingerprint density at radius 1 is 1.18 bits per heavy atom. The van der Waals surface area contributed by atoms with E-state index in [1.54, 1.807) is 13.2 Å². The van der Waals surface area contributed by atoms with Crippen LogP contribution >= 0.6 is 11.3 Å². The number of nitrogen functional groups attached to an aromatic ring is 1. The first-order valence-electron chi connectivity index (χ1n) is 12.8. The van der Waals surface area contributed by atoms with Crippen molar-refractivity contribution in [1.29, 1.82) is 0 Å². The Morgan fingerprint density at radius 2 is 2.08 bits per heavy atom. The molecule has 0 saturated heterocycles. The number of rotatable bonds is 2. The summed E-state index contributed by atoms with van der Waals surface area (Å²) >= 11 is 1.40. The number of carbonyl (C=O) groups excluding carboxylic acids is 2. The van der Waals surface area contributed by atoms with Crippen molar-refractivity contribution in [2.45, 2.75) is 18.9 Å². The van der Waals surface area contributed by atoms with Crippen LogP contribution in [0, 0.1) is 0 Å². The molecule has 0 aliphatic carbocycles. The van der Waals surface area contributed by atoms with E-state index in [1.807, 2.05) is 53.4 Å². The molecule has 1 atom stereocenters. The molecule has 39 heavy (non-hydrogen) atoms. The lowest BCUT2D eigenvalue weighted by molar-refractivity contribution is -0.123. The van der Waals surface area contributed by atoms with Gasteiger partial charge in [0.25, 0.3) is 11.8 Å². The smallest absolute Gasteiger partial charge is 0.257 e. The zero-order chi connectivity index (χ0) is 26.9. The number of ether oxygens (including phenoxy) is 3. The average Bonchev–Trinajstić information content (AvgIpc) is 3.33. The quantitative estimate of drug-likeness (QED) is 0.393. The van der Waals surface area contributed by atoms with E-state index < -0.39 is 0 Å². The van der Waals surface area contributed by atoms with Crippen LogP contribution in [0.15, 0.2) is 54.6 Å². The summed E-state index contributed by atoms with van der Waals surface area (Å²) in [5.74, 6) is 1.39. The highest BCUT2D eigenvalue weighted by Crippen LogP contribution is 2.42. The van der Waals surface area contributed by atoms with Gasteiger partial charge in [0.15, 0.2) is 23.2 Å². The van der Waals surface area contributed by atoms with Crippen molar-refractivity contribution >= 4 is 38.5 Å². The Bertz CT molecular complexity index is 1570. The molecule has 3 aliphatic heterocycles. The minimum atomic E-state index is -0.389. The predicted molar refractivity (Wildman–Crippen MR) is 149 cm³/mol. The first-order valence-corrected chi connectivity index (χ1v) is 13.6. The van der Waals surface area contributed by atoms with E-state index in [9.17, 15) is 9.59 Å². The van der Waals surface area contributed by atoms with Gasteiger partial charge in [-0.05, 0) is 72.0 Å². The van der Waals surface area contributed by atoms with Crippen molar-refractivity contribution < 1.29 is 23.8 Å². The molecule has 4 heterocycles. The van der Waals surface area contributed by atoms with Gasteiger partial charge < -0.3 is 30.2 Å². The van der Waals surface area contributed by atoms with Crippen molar-refractivity contribution in [3.8, 4) is 17.2 Å². The summed E-state index contributed by atoms with van der Waals surface area (Å²) in [5.41, 5.74) is 10.0. The van der Waals surface area contributed by atoms with Crippen LogP contribution < -0.4 is 25.3 Å². The van der Waals surface area contributed by atoms with Gasteiger partial charge in [-0.2, -0.15) is 0 Å². The lowest BCUT2D eigenvalue weighted by atomic mass is 9.87. The fourth-order valence-corrected chi connectivity index (χ4v) is 5.89. The highest BCUT2D eigenvalue weighted by Gasteiger charge is 2.34. The first kappa shape index (κ1) is 25.0. The van der Waals surface area contributed by atoms with E-state index in [2.05, 4.69) is 10.3 Å². The molecule has 4 aromatic rings. The van der Waals surface area contributed by atoms with Crippen molar-refractivity contribution in [3.63, 3.8) is 0 Å². The molecule has 3 aliphatic rings. The maximum atomic E-state index is 14.0. The number of nitrogens with zero attached hydrogens (tertiary/aromatic N) is 2. The van der Waals surface area contributed by atoms with Crippen LogP contribution in [0.2, 0.25) is 0 Å². The average molecular weight is 545 g/mol. The Hall–Kier alpha value is -4.31. The Labute approximate surface area is 229 Å². The maximum absolute atomic E-state index is 14.0. The Morgan fingerprint density at radius 3 is 2.95 bits per heavy atom. The van der Waals surface area contributed by atoms with Crippen LogP contribution in [0.3, 0.4) is 0 Å². The van der Waals surface area contributed by atoms with Gasteiger partial charge in [0.1, 0.15) is 5.75 Å². The normalized spacial score (nSPS) is 17.3. The molecule has 0 saturated carbocycles. The Balaban J connectivity index is 1.46. The number of nitrogens with two attached hydrogens (primary N) is 1. The largest absolute Gasteiger partial charge is 0.494 e. The molecule has 9 nitrogen and oxygen atoms in total. The summed E-state index contributed by atoms with van der Waals surface area (Å²) in [6.07, 6.45) is 1.26. The monoisotopic (exact) mass is 544 g/mol. The highest BCUT2D eigenvalue weighted by molar-refractivity contribution is 7.22. The summed E-state index contributed by atoms with van der Waals surface area (Å²) < 4.78 is 18.5. The van der Waals surface area contributed by atoms with Gasteiger partial charge in [-0.15, -0.1) is 0 Å². The molecule has 1 unspecified atom stereocenters. The molecule has 3 aromatic carbocycles. The lowest BCUT2D eigenvalue weighted by Gasteiger charge is -2.38. The fourth-order valence-electron chi connectivity index (χ4n) is 5.18. The number of hydrogen-bond donors (Lipinski definition) is 2. The molecule has 2 amide bonds. The summed E-state index contributed by atoms with van der Waals surface area (Å²) in [5, 5.41) is 3.32. The van der Waals surface area contributed by atoms with Crippen molar-refractivity contribution in [1.82, 2.24) is 15.2 Å². The van der Waals surface area contributed by atoms with E-state index in [0.29, 0.717) is 66.0 Å². The summed E-state index contributed by atoms with van der Waals surface area (Å²) in [6.45, 7) is 1.29. The standard InChI is InChI=1S/C29H28N4O5S/c1-36-23-15-21-17-8-10-33(28(35)19-6-7-25-22(13-19)32-29(30)39-25)27(21)18-4-2-5-20(12-18)37-11-3-9-31-26(34)16-38-24(23)14-17/h2,4-7,12-15,27H,3,8-11,16H2,1H3,(H2,30,32)(H,31,34). The van der Waals surface area contributed by atoms with Crippen LogP contribution in [0.25, 0.3) is 10.2 Å². The van der Waals surface area contributed by atoms with Gasteiger partial charge in [0.2, 0.25) is 0 Å². The third-order valence-electron chi connectivity index (χ3n) is 7.01. The summed E-state index contributed by atoms with van der Waals surface area (Å²) in [4.78, 5) is 32.6. The van der Waals surface area contributed by atoms with Gasteiger partial charge in [-0.1, -0.05) is 23.5 Å². The van der Waals surface area contributed by atoms with E-state index in [-0.39, 0.29) is 24.5 Å². The second-order valence-electron chi connectivity index (χ2n) is 9.50. The lowest BCUT2D eigenvalue weighted by Crippen LogP contribution is -2.40. The topological polar surface area (TPSA) is 116 Å². The van der Waals surface area contributed by atoms with Crippen molar-refractivity contribution in [3.05, 3.63) is 76.9 Å². The summed E-state index contributed by atoms with van der Waals surface area (Å²) in [6, 6.07) is 16.8. The Kier molecular flexibility index (Phi) is 6.70. The number of fused-ring (bicyclic) bond motifs is 9. The molecule has 3 N–H and O–H groups in total. The number of thiazole rings is 1. The first-order chi connectivity index (χ1) is 19.0. The third kappa shape index (κ3) is 4.95. The second-order valence-corrected chi connectivity index (χ2v) is 10.6. The number of hydrogen-bond acceptors (Lipinski definition) is 8. The molecule has 7 rings (SSSR count). The zero-order valence-electron chi connectivity index (χ0n) is 21.4. The fraction of sp³-hybridized carbons (Fsp3) is 0.276. The highest BCUT2D eigenvalue weighted by atomic mass is 32.1. The molecular formula is C29H28N4O5S. The molecule has 10 heteroatoms. The molecule has 1 aromatic heterocycles. The van der Waals surface area contributed by atoms with E-state index in [0.717, 1.165) is 21.4 Å². The second kappa shape index (κ2) is 10.5. The van der Waals surface area contributed by atoms with Crippen molar-refractivity contribution in [2.75, 3.05) is 39.1 Å². The van der Waals surface area contributed by atoms with Gasteiger partial charge in [-0.25, -0.2) is 4.98 Å². The minimum absolute atomic E-state index is 0.101. The number of amides is 2. The minimum Gasteiger partial charge on any atom is -0.494 e. The van der Waals surface area contributed by atoms with Crippen LogP contribution in [-0.2, 0) is 11.2 Å². The maximum Gasteiger partial charge on any atom is 0.257 e. The molecule has 0 radical (unpaired) electrons. The van der Waals surface area contributed by atoms with E-state index in [1.165, 1.54) is 11.3 Å². The molecule has 6 bridgehead atoms. The zero-order valence-corrected chi connectivity index (χ0v) is 22.3. The number of aromatic nitrogens is 1. The number of carbonyl (C=O) groups is 2. The van der Waals surface area contributed by atoms with Gasteiger partial charge >= 0.3 is 0 Å². The molecule has 0 spiro atoms. The van der Waals surface area contributed by atoms with Crippen LogP contribution in [0.1, 0.15) is 39.5 Å². The number of methoxy groups -OCH3 is 1. The van der Waals surface area contributed by atoms with Gasteiger partial charge in [0.05, 0.1) is 30.0 Å². The number of anilines is 1. The van der Waals surface area contributed by atoms with Crippen LogP contribution in [-0.4, -0.2) is 55.1 Å². The number of nitrogens with one attached hydrogen (secondary N) is 1. The summed E-state index contributed by atoms with van der Waals surface area (Å²) in [7, 11) is 1.57. The molecule has 200 valence electrons. The van der Waals surface area contributed by atoms with Crippen LogP contribution in [0.4, 0.5) is 5.13 Å². The van der Waals surface area contributed by atoms with E-state index in [4.69, 9.17) is 19.9 Å². The molecule has 0 fully saturated rings. The van der Waals surface area contributed by atoms with Gasteiger partial charge in [-0.3, -0.25) is 9.59 Å². The number of benzene rings is 3. The third-order valence-corrected chi connectivity index (χ3v) is 7.88. The van der Waals surface area contributed by atoms with Crippen LogP contribution in [0.5, 0.6) is 17.2 Å². The predicted octanol–water partition coefficient (Wildman–Crippen LogP) is 3.95.